The molecule has 0 aliphatic heterocycles. The van der Waals surface area contributed by atoms with Crippen molar-refractivity contribution in [3.8, 4) is 34.3 Å². The van der Waals surface area contributed by atoms with Crippen LogP contribution in [0.1, 0.15) is 22.4 Å². The summed E-state index contributed by atoms with van der Waals surface area (Å²) in [7, 11) is 1.58. The predicted molar refractivity (Wildman–Crippen MR) is 168 cm³/mol. The van der Waals surface area contributed by atoms with E-state index in [0.717, 1.165) is 45.0 Å². The number of aryl methyl sites for hydroxylation is 1. The van der Waals surface area contributed by atoms with Crippen molar-refractivity contribution in [1.82, 2.24) is 15.0 Å². The third-order valence-electron chi connectivity index (χ3n) is 6.50. The van der Waals surface area contributed by atoms with Gasteiger partial charge in [-0.3, -0.25) is 4.79 Å². The number of hydrogen-bond acceptors (Lipinski definition) is 6. The van der Waals surface area contributed by atoms with Gasteiger partial charge in [0.05, 0.1) is 35.5 Å². The van der Waals surface area contributed by atoms with Crippen molar-refractivity contribution >= 4 is 23.9 Å². The van der Waals surface area contributed by atoms with Crippen molar-refractivity contribution in [3.05, 3.63) is 126 Å². The van der Waals surface area contributed by atoms with Crippen LogP contribution >= 0.6 is 11.8 Å². The van der Waals surface area contributed by atoms with Crippen LogP contribution in [0.2, 0.25) is 0 Å². The molecule has 2 heterocycles. The van der Waals surface area contributed by atoms with E-state index in [4.69, 9.17) is 4.74 Å². The molecule has 0 atom stereocenters. The van der Waals surface area contributed by atoms with Crippen molar-refractivity contribution in [2.45, 2.75) is 18.6 Å². The van der Waals surface area contributed by atoms with E-state index in [-0.39, 0.29) is 11.7 Å². The first-order valence-corrected chi connectivity index (χ1v) is 14.3. The molecule has 0 unspecified atom stereocenters. The zero-order valence-corrected chi connectivity index (χ0v) is 24.1. The van der Waals surface area contributed by atoms with E-state index in [1.54, 1.807) is 13.3 Å². The van der Waals surface area contributed by atoms with Crippen LogP contribution in [0.3, 0.4) is 0 Å². The first-order chi connectivity index (χ1) is 20.6. The first kappa shape index (κ1) is 28.6. The number of carbonyl (C=O) groups is 1. The fourth-order valence-electron chi connectivity index (χ4n) is 4.73. The second-order valence-electron chi connectivity index (χ2n) is 9.47. The first-order valence-electron chi connectivity index (χ1n) is 13.3. The Morgan fingerprint density at radius 1 is 1.00 bits per heavy atom. The van der Waals surface area contributed by atoms with Gasteiger partial charge in [-0.05, 0) is 47.9 Å². The van der Waals surface area contributed by atoms with Gasteiger partial charge in [-0.2, -0.15) is 10.4 Å². The van der Waals surface area contributed by atoms with Crippen LogP contribution in [0, 0.1) is 18.3 Å². The number of nitrogens with zero attached hydrogens (tertiary/aromatic N) is 4. The molecule has 0 spiro atoms. The molecule has 0 radical (unpaired) electrons. The average molecular weight is 572 g/mol. The summed E-state index contributed by atoms with van der Waals surface area (Å²) in [5, 5.41) is 14.5. The normalized spacial score (nSPS) is 11.0. The summed E-state index contributed by atoms with van der Waals surface area (Å²) >= 11 is 1.20. The van der Waals surface area contributed by atoms with Crippen molar-refractivity contribution in [1.29, 1.82) is 5.26 Å². The quantitative estimate of drug-likeness (QED) is 0.113. The number of benzene rings is 3. The van der Waals surface area contributed by atoms with Gasteiger partial charge in [0.1, 0.15) is 11.1 Å². The summed E-state index contributed by atoms with van der Waals surface area (Å²) < 4.78 is 7.44. The SMILES string of the molecule is COCc1cc(C)nc(SCC(=O)NN=Cc2cc(-c3ccccc3)n(-c3ccccc3)c2-c2ccccc2)c1C#N. The highest BCUT2D eigenvalue weighted by molar-refractivity contribution is 8.00. The van der Waals surface area contributed by atoms with Gasteiger partial charge in [-0.15, -0.1) is 0 Å². The number of nitriles is 1. The highest BCUT2D eigenvalue weighted by atomic mass is 32.2. The molecule has 1 N–H and O–H groups in total. The Kier molecular flexibility index (Phi) is 9.24. The number of hydrogen-bond donors (Lipinski definition) is 1. The van der Waals surface area contributed by atoms with Crippen LogP contribution in [-0.2, 0) is 16.1 Å². The van der Waals surface area contributed by atoms with E-state index < -0.39 is 0 Å². The number of para-hydroxylation sites is 1. The summed E-state index contributed by atoms with van der Waals surface area (Å²) in [6.45, 7) is 2.15. The van der Waals surface area contributed by atoms with Crippen molar-refractivity contribution in [2.75, 3.05) is 12.9 Å². The van der Waals surface area contributed by atoms with Crippen molar-refractivity contribution < 1.29 is 9.53 Å². The number of aromatic nitrogens is 2. The van der Waals surface area contributed by atoms with Crippen LogP contribution in [0.4, 0.5) is 0 Å². The molecule has 42 heavy (non-hydrogen) atoms. The summed E-state index contributed by atoms with van der Waals surface area (Å²) in [6.07, 6.45) is 1.68. The van der Waals surface area contributed by atoms with Gasteiger partial charge in [0.15, 0.2) is 0 Å². The molecule has 0 fully saturated rings. The number of rotatable bonds is 10. The van der Waals surface area contributed by atoms with E-state index in [1.807, 2.05) is 67.6 Å². The Bertz CT molecular complexity index is 1740. The van der Waals surface area contributed by atoms with Crippen LogP contribution in [-0.4, -0.2) is 34.5 Å². The number of methoxy groups -OCH3 is 1. The number of pyridine rings is 1. The Morgan fingerprint density at radius 2 is 1.64 bits per heavy atom. The second-order valence-corrected chi connectivity index (χ2v) is 10.4. The molecule has 5 rings (SSSR count). The van der Waals surface area contributed by atoms with E-state index in [2.05, 4.69) is 68.6 Å². The molecule has 0 saturated carbocycles. The fraction of sp³-hybridized carbons (Fsp3) is 0.118. The highest BCUT2D eigenvalue weighted by Gasteiger charge is 2.19. The molecule has 7 nitrogen and oxygen atoms in total. The highest BCUT2D eigenvalue weighted by Crippen LogP contribution is 2.35. The lowest BCUT2D eigenvalue weighted by Gasteiger charge is -2.15. The predicted octanol–water partition coefficient (Wildman–Crippen LogP) is 6.78. The third-order valence-corrected chi connectivity index (χ3v) is 7.48. The topological polar surface area (TPSA) is 92.3 Å². The molecule has 1 amide bonds. The number of ether oxygens (including phenoxy) is 1. The zero-order chi connectivity index (χ0) is 29.3. The molecule has 2 aromatic heterocycles. The Morgan fingerprint density at radius 3 is 2.29 bits per heavy atom. The molecule has 0 bridgehead atoms. The Balaban J connectivity index is 1.44. The maximum Gasteiger partial charge on any atom is 0.250 e. The maximum absolute atomic E-state index is 12.8. The second kappa shape index (κ2) is 13.6. The molecule has 8 heteroatoms. The number of hydrazone groups is 1. The number of thioether (sulfide) groups is 1. The molecule has 0 saturated heterocycles. The monoisotopic (exact) mass is 571 g/mol. The molecule has 5 aromatic rings. The minimum Gasteiger partial charge on any atom is -0.380 e. The van der Waals surface area contributed by atoms with E-state index in [1.165, 1.54) is 11.8 Å². The van der Waals surface area contributed by atoms with E-state index in [9.17, 15) is 10.1 Å². The molecule has 208 valence electrons. The van der Waals surface area contributed by atoms with Crippen LogP contribution in [0.5, 0.6) is 0 Å². The summed E-state index contributed by atoms with van der Waals surface area (Å²) in [4.78, 5) is 17.3. The minimum atomic E-state index is -0.302. The average Bonchev–Trinajstić information content (AvgIpc) is 3.41. The summed E-state index contributed by atoms with van der Waals surface area (Å²) in [5.41, 5.74) is 10.5. The minimum absolute atomic E-state index is 0.0563. The lowest BCUT2D eigenvalue weighted by Crippen LogP contribution is -2.20. The number of amides is 1. The largest absolute Gasteiger partial charge is 0.380 e. The number of nitrogens with one attached hydrogen (secondary N) is 1. The van der Waals surface area contributed by atoms with E-state index >= 15 is 0 Å². The smallest absolute Gasteiger partial charge is 0.250 e. The van der Waals surface area contributed by atoms with Gasteiger partial charge in [0.2, 0.25) is 5.91 Å². The fourth-order valence-corrected chi connectivity index (χ4v) is 5.59. The zero-order valence-electron chi connectivity index (χ0n) is 23.3. The van der Waals surface area contributed by atoms with E-state index in [0.29, 0.717) is 17.2 Å². The maximum atomic E-state index is 12.8. The molecule has 0 aliphatic rings. The van der Waals surface area contributed by atoms with Gasteiger partial charge in [-0.1, -0.05) is 90.6 Å². The van der Waals surface area contributed by atoms with Crippen molar-refractivity contribution in [3.63, 3.8) is 0 Å². The Hall–Kier alpha value is -4.97. The van der Waals surface area contributed by atoms with Gasteiger partial charge in [0.25, 0.3) is 0 Å². The Labute approximate surface area is 249 Å². The van der Waals surface area contributed by atoms with Crippen molar-refractivity contribution in [2.24, 2.45) is 5.10 Å². The molecule has 3 aromatic carbocycles. The summed E-state index contributed by atoms with van der Waals surface area (Å²) in [5.74, 6) is -0.246. The lowest BCUT2D eigenvalue weighted by molar-refractivity contribution is -0.118. The molecule has 0 aliphatic carbocycles. The van der Waals surface area contributed by atoms with Gasteiger partial charge in [0, 0.05) is 24.1 Å². The van der Waals surface area contributed by atoms with Crippen LogP contribution in [0.15, 0.2) is 113 Å². The molecular formula is C34H29N5O2S. The van der Waals surface area contributed by atoms with Crippen LogP contribution < -0.4 is 5.43 Å². The molecular weight excluding hydrogens is 542 g/mol. The standard InChI is InChI=1S/C34H29N5O2S/c1-24-18-28(22-41-2)30(20-35)34(37-24)42-23-32(40)38-36-21-27-19-31(25-12-6-3-7-13-25)39(29-16-10-5-11-17-29)33(27)26-14-8-4-9-15-26/h3-19,21H,22-23H2,1-2H3,(H,38,40). The van der Waals surface area contributed by atoms with Gasteiger partial charge in [-0.25, -0.2) is 10.4 Å². The van der Waals surface area contributed by atoms with Gasteiger partial charge >= 0.3 is 0 Å². The van der Waals surface area contributed by atoms with Crippen LogP contribution in [0.25, 0.3) is 28.2 Å². The third kappa shape index (κ3) is 6.50. The van der Waals surface area contributed by atoms with Gasteiger partial charge < -0.3 is 9.30 Å². The lowest BCUT2D eigenvalue weighted by atomic mass is 10.1. The number of carbonyl (C=O) groups excluding carboxylic acids is 1. The summed E-state index contributed by atoms with van der Waals surface area (Å²) in [6, 6.07) is 36.6.